The van der Waals surface area contributed by atoms with E-state index in [0.717, 1.165) is 0 Å². The van der Waals surface area contributed by atoms with Crippen molar-refractivity contribution in [2.24, 2.45) is 0 Å². The second-order valence-electron chi connectivity index (χ2n) is 0. The van der Waals surface area contributed by atoms with Gasteiger partial charge < -0.3 is 0 Å². The van der Waals surface area contributed by atoms with Crippen LogP contribution in [-0.4, -0.2) is 23.7 Å². The van der Waals surface area contributed by atoms with Gasteiger partial charge in [0.1, 0.15) is 0 Å². The summed E-state index contributed by atoms with van der Waals surface area (Å²) in [6, 6.07) is 0. The molecule has 0 nitrogen and oxygen atoms in total. The second-order valence-corrected chi connectivity index (χ2v) is 0. The molecule has 0 N–H and O–H groups in total. The Balaban J connectivity index is 0. The Morgan fingerprint density at radius 1 is 1.00 bits per heavy atom. The van der Waals surface area contributed by atoms with Gasteiger partial charge in [0, 0.05) is 82.3 Å². The zero-order chi connectivity index (χ0) is 0. The van der Waals surface area contributed by atoms with E-state index in [-0.39, 0.29) is 82.3 Å². The SMILES string of the molecule is [Mo].[Ni].[Te].[W]. The molecule has 2 radical (unpaired) electrons. The molecule has 0 heterocycles. The molecule has 0 fully saturated rings. The topological polar surface area (TPSA) is 0 Å². The molecule has 4 heavy (non-hydrogen) atoms. The van der Waals surface area contributed by atoms with E-state index in [0.29, 0.717) is 0 Å². The molecule has 0 aliphatic carbocycles. The Hall–Kier alpha value is 2.66. The summed E-state index contributed by atoms with van der Waals surface area (Å²) >= 11 is 0. The molecule has 0 aromatic carbocycles. The Kier molecular flexibility index (Phi) is 131. The van der Waals surface area contributed by atoms with Crippen molar-refractivity contribution in [3.63, 3.8) is 0 Å². The average molecular weight is 466 g/mol. The van der Waals surface area contributed by atoms with Crippen molar-refractivity contribution in [2.75, 3.05) is 0 Å². The normalized spacial score (nSPS) is 0. The minimum atomic E-state index is 0. The van der Waals surface area contributed by atoms with Crippen LogP contribution in [0.3, 0.4) is 0 Å². The van der Waals surface area contributed by atoms with Crippen LogP contribution in [-0.2, 0) is 58.6 Å². The van der Waals surface area contributed by atoms with Gasteiger partial charge in [0.25, 0.3) is 0 Å². The maximum absolute atomic E-state index is 0. The van der Waals surface area contributed by atoms with E-state index in [1.807, 2.05) is 0 Å². The molecule has 0 amide bonds. The van der Waals surface area contributed by atoms with E-state index >= 15 is 0 Å². The van der Waals surface area contributed by atoms with E-state index < -0.39 is 0 Å². The van der Waals surface area contributed by atoms with Crippen molar-refractivity contribution >= 4 is 23.7 Å². The largest absolute Gasteiger partial charge is 0 e. The molecule has 0 aliphatic heterocycles. The third-order valence-corrected chi connectivity index (χ3v) is 0. The summed E-state index contributed by atoms with van der Waals surface area (Å²) in [5.74, 6) is 0. The predicted octanol–water partition coefficient (Wildman–Crippen LogP) is -0.388. The van der Waals surface area contributed by atoms with Gasteiger partial charge in [-0.2, -0.15) is 0 Å². The van der Waals surface area contributed by atoms with Crippen LogP contribution in [0.1, 0.15) is 0 Å². The van der Waals surface area contributed by atoms with Crippen molar-refractivity contribution in [3.05, 3.63) is 0 Å². The zero-order valence-corrected chi connectivity index (χ0v) is 9.80. The van der Waals surface area contributed by atoms with E-state index in [1.165, 1.54) is 0 Å². The molecular formula is MoNiTeW. The first kappa shape index (κ1) is 30.2. The summed E-state index contributed by atoms with van der Waals surface area (Å²) in [6.45, 7) is 0. The average Bonchev–Trinajstić information content (AvgIpc) is 0. The fraction of sp³-hybridized carbons (Fsp3) is 0. The summed E-state index contributed by atoms with van der Waals surface area (Å²) in [5, 5.41) is 0. The molecule has 0 aliphatic rings. The minimum Gasteiger partial charge on any atom is 0 e. The number of hydrogen-bond donors (Lipinski definition) is 0. The Morgan fingerprint density at radius 2 is 1.00 bits per heavy atom. The van der Waals surface area contributed by atoms with Crippen molar-refractivity contribution < 1.29 is 58.6 Å². The summed E-state index contributed by atoms with van der Waals surface area (Å²) in [5.41, 5.74) is 0. The van der Waals surface area contributed by atoms with Gasteiger partial charge in [0.05, 0.1) is 0 Å². The zero-order valence-electron chi connectivity index (χ0n) is 1.54. The fourth-order valence-electron chi connectivity index (χ4n) is 0. The Morgan fingerprint density at radius 3 is 1.00 bits per heavy atom. The van der Waals surface area contributed by atoms with E-state index in [4.69, 9.17) is 0 Å². The first-order valence-electron chi connectivity index (χ1n) is 0. The van der Waals surface area contributed by atoms with Crippen LogP contribution in [0.2, 0.25) is 0 Å². The van der Waals surface area contributed by atoms with Gasteiger partial charge >= 0.3 is 0 Å². The molecule has 0 saturated carbocycles. The van der Waals surface area contributed by atoms with Crippen molar-refractivity contribution in [1.82, 2.24) is 0 Å². The fourth-order valence-corrected chi connectivity index (χ4v) is 0. The predicted molar refractivity (Wildman–Crippen MR) is 5.75 cm³/mol. The van der Waals surface area contributed by atoms with Gasteiger partial charge in [0.2, 0.25) is 0 Å². The summed E-state index contributed by atoms with van der Waals surface area (Å²) in [7, 11) is 0. The van der Waals surface area contributed by atoms with Crippen LogP contribution in [0.25, 0.3) is 0 Å². The molecule has 0 aromatic heterocycles. The van der Waals surface area contributed by atoms with Crippen molar-refractivity contribution in [3.8, 4) is 0 Å². The molecule has 0 unspecified atom stereocenters. The quantitative estimate of drug-likeness (QED) is 0.428. The van der Waals surface area contributed by atoms with Gasteiger partial charge in [-0.15, -0.1) is 0 Å². The van der Waals surface area contributed by atoms with Crippen LogP contribution in [0.5, 0.6) is 0 Å². The molecule has 0 aromatic rings. The van der Waals surface area contributed by atoms with Crippen molar-refractivity contribution in [2.45, 2.75) is 0 Å². The van der Waals surface area contributed by atoms with Gasteiger partial charge in [-0.05, 0) is 0 Å². The molecule has 0 saturated heterocycles. The summed E-state index contributed by atoms with van der Waals surface area (Å²) in [6.07, 6.45) is 0. The van der Waals surface area contributed by atoms with Crippen LogP contribution in [0.15, 0.2) is 0 Å². The maximum atomic E-state index is 0. The molecule has 0 bridgehead atoms. The molecule has 28 valence electrons. The van der Waals surface area contributed by atoms with E-state index in [1.54, 1.807) is 0 Å². The van der Waals surface area contributed by atoms with Crippen LogP contribution < -0.4 is 0 Å². The maximum Gasteiger partial charge on any atom is 0 e. The van der Waals surface area contributed by atoms with Crippen LogP contribution >= 0.6 is 0 Å². The number of hydrogen-bond acceptors (Lipinski definition) is 0. The van der Waals surface area contributed by atoms with E-state index in [2.05, 4.69) is 0 Å². The first-order chi connectivity index (χ1) is 0. The molecule has 0 rings (SSSR count). The Labute approximate surface area is 81.0 Å². The second kappa shape index (κ2) is 17.4. The van der Waals surface area contributed by atoms with Crippen molar-refractivity contribution in [1.29, 1.82) is 0 Å². The molecule has 0 atom stereocenters. The smallest absolute Gasteiger partial charge is 0 e. The van der Waals surface area contributed by atoms with Gasteiger partial charge in [-0.3, -0.25) is 0 Å². The minimum absolute atomic E-state index is 0. The molecule has 4 heteroatoms. The third-order valence-electron chi connectivity index (χ3n) is 0. The van der Waals surface area contributed by atoms with Gasteiger partial charge in [0.15, 0.2) is 0 Å². The van der Waals surface area contributed by atoms with Gasteiger partial charge in [-0.1, -0.05) is 0 Å². The molecule has 0 spiro atoms. The summed E-state index contributed by atoms with van der Waals surface area (Å²) in [4.78, 5) is 0. The summed E-state index contributed by atoms with van der Waals surface area (Å²) < 4.78 is 0. The monoisotopic (exact) mass is 470 g/mol. The van der Waals surface area contributed by atoms with Crippen LogP contribution in [0, 0.1) is 0 Å². The standard InChI is InChI=1S/Mo.Ni.Te.W. The molecular weight excluding hydrogens is 466 g/mol. The first-order valence-corrected chi connectivity index (χ1v) is 0. The third kappa shape index (κ3) is 8.82. The Bertz CT molecular complexity index is 8.00. The number of rotatable bonds is 0. The van der Waals surface area contributed by atoms with E-state index in [9.17, 15) is 0 Å². The van der Waals surface area contributed by atoms with Gasteiger partial charge in [-0.25, -0.2) is 0 Å². The van der Waals surface area contributed by atoms with Crippen LogP contribution in [0.4, 0.5) is 0 Å².